The van der Waals surface area contributed by atoms with Crippen LogP contribution in [0.3, 0.4) is 0 Å². The summed E-state index contributed by atoms with van der Waals surface area (Å²) in [6.07, 6.45) is 0. The molecule has 1 aromatic heterocycles. The van der Waals surface area contributed by atoms with Crippen molar-refractivity contribution in [3.05, 3.63) is 40.1 Å². The second kappa shape index (κ2) is 7.87. The quantitative estimate of drug-likeness (QED) is 0.791. The van der Waals surface area contributed by atoms with E-state index in [9.17, 15) is 14.4 Å². The molecule has 1 N–H and O–H groups in total. The molecule has 0 saturated carbocycles. The lowest BCUT2D eigenvalue weighted by Crippen LogP contribution is -2.33. The van der Waals surface area contributed by atoms with Gasteiger partial charge in [0.1, 0.15) is 13.2 Å². The first kappa shape index (κ1) is 17.7. The van der Waals surface area contributed by atoms with Crippen molar-refractivity contribution in [1.82, 2.24) is 5.32 Å². The largest absolute Gasteiger partial charge is 0.493 e. The van der Waals surface area contributed by atoms with Gasteiger partial charge in [0.2, 0.25) is 5.75 Å². The fraction of sp³-hybridized carbons (Fsp3) is 0.235. The van der Waals surface area contributed by atoms with Gasteiger partial charge in [0.05, 0.1) is 17.6 Å². The number of benzene rings is 1. The topological polar surface area (TPSA) is 100 Å². The second-order valence-corrected chi connectivity index (χ2v) is 6.08. The maximum Gasteiger partial charge on any atom is 0.338 e. The van der Waals surface area contributed by atoms with Crippen LogP contribution in [0.25, 0.3) is 0 Å². The van der Waals surface area contributed by atoms with E-state index < -0.39 is 24.4 Å². The Labute approximate surface area is 152 Å². The summed E-state index contributed by atoms with van der Waals surface area (Å²) in [5, 5.41) is 3.86. The van der Waals surface area contributed by atoms with Gasteiger partial charge in [-0.1, -0.05) is 6.07 Å². The highest BCUT2D eigenvalue weighted by molar-refractivity contribution is 7.12. The van der Waals surface area contributed by atoms with Crippen LogP contribution in [-0.2, 0) is 9.53 Å². The van der Waals surface area contributed by atoms with Gasteiger partial charge in [-0.3, -0.25) is 14.9 Å². The summed E-state index contributed by atoms with van der Waals surface area (Å²) in [6.45, 7) is 0.139. The Bertz CT molecular complexity index is 815. The molecule has 0 bridgehead atoms. The first-order chi connectivity index (χ1) is 12.6. The van der Waals surface area contributed by atoms with Crippen LogP contribution < -0.4 is 19.5 Å². The molecular formula is C17H15NO7S. The monoisotopic (exact) mass is 377 g/mol. The molecule has 9 heteroatoms. The van der Waals surface area contributed by atoms with Crippen molar-refractivity contribution >= 4 is 29.1 Å². The van der Waals surface area contributed by atoms with E-state index in [-0.39, 0.29) is 5.56 Å². The van der Waals surface area contributed by atoms with E-state index in [1.807, 2.05) is 0 Å². The lowest BCUT2D eigenvalue weighted by molar-refractivity contribution is -0.123. The smallest absolute Gasteiger partial charge is 0.338 e. The van der Waals surface area contributed by atoms with Gasteiger partial charge >= 0.3 is 5.97 Å². The summed E-state index contributed by atoms with van der Waals surface area (Å²) >= 11 is 1.20. The number of nitrogens with one attached hydrogen (secondary N) is 1. The number of hydrogen-bond acceptors (Lipinski definition) is 8. The van der Waals surface area contributed by atoms with Crippen molar-refractivity contribution in [2.24, 2.45) is 0 Å². The molecule has 0 radical (unpaired) electrons. The van der Waals surface area contributed by atoms with Gasteiger partial charge in [0.25, 0.3) is 11.8 Å². The van der Waals surface area contributed by atoms with Crippen LogP contribution in [0.1, 0.15) is 20.0 Å². The van der Waals surface area contributed by atoms with E-state index in [0.717, 1.165) is 0 Å². The Balaban J connectivity index is 1.61. The van der Waals surface area contributed by atoms with Crippen molar-refractivity contribution < 1.29 is 33.3 Å². The third kappa shape index (κ3) is 3.94. The van der Waals surface area contributed by atoms with Gasteiger partial charge in [0.15, 0.2) is 18.1 Å². The van der Waals surface area contributed by atoms with Crippen LogP contribution in [0.2, 0.25) is 0 Å². The van der Waals surface area contributed by atoms with Crippen molar-refractivity contribution in [3.8, 4) is 17.2 Å². The summed E-state index contributed by atoms with van der Waals surface area (Å²) in [6, 6.07) is 6.17. The van der Waals surface area contributed by atoms with Gasteiger partial charge in [-0.05, 0) is 23.6 Å². The van der Waals surface area contributed by atoms with Crippen LogP contribution in [0.4, 0.5) is 0 Å². The summed E-state index contributed by atoms with van der Waals surface area (Å²) < 4.78 is 21.0. The van der Waals surface area contributed by atoms with Crippen molar-refractivity contribution in [2.45, 2.75) is 0 Å². The summed E-state index contributed by atoms with van der Waals surface area (Å²) in [5.41, 5.74) is 0.142. The molecule has 0 aliphatic carbocycles. The average molecular weight is 377 g/mol. The fourth-order valence-electron chi connectivity index (χ4n) is 2.24. The highest BCUT2D eigenvalue weighted by Gasteiger charge is 2.22. The molecule has 1 aliphatic rings. The number of amides is 2. The number of ether oxygens (including phenoxy) is 4. The average Bonchev–Trinajstić information content (AvgIpc) is 3.20. The minimum atomic E-state index is -0.751. The standard InChI is InChI=1S/C17H15NO7S/c1-22-11-7-10(8-12-15(11)24-5-4-23-12)17(21)25-9-14(19)18-16(20)13-3-2-6-26-13/h2-3,6-8H,4-5,9H2,1H3,(H,18,19,20). The Kier molecular flexibility index (Phi) is 5.37. The highest BCUT2D eigenvalue weighted by atomic mass is 32.1. The molecule has 0 fully saturated rings. The van der Waals surface area contributed by atoms with Crippen LogP contribution in [0, 0.1) is 0 Å². The van der Waals surface area contributed by atoms with Crippen LogP contribution in [0.15, 0.2) is 29.6 Å². The number of carbonyl (C=O) groups is 3. The number of hydrogen-bond donors (Lipinski definition) is 1. The second-order valence-electron chi connectivity index (χ2n) is 5.13. The van der Waals surface area contributed by atoms with Gasteiger partial charge < -0.3 is 18.9 Å². The van der Waals surface area contributed by atoms with Crippen LogP contribution in [-0.4, -0.2) is 44.7 Å². The molecule has 0 unspecified atom stereocenters. The van der Waals surface area contributed by atoms with E-state index in [1.165, 1.54) is 30.6 Å². The van der Waals surface area contributed by atoms with Gasteiger partial charge in [0, 0.05) is 0 Å². The Morgan fingerprint density at radius 1 is 1.23 bits per heavy atom. The minimum absolute atomic E-state index is 0.142. The first-order valence-corrected chi connectivity index (χ1v) is 8.49. The first-order valence-electron chi connectivity index (χ1n) is 7.61. The predicted molar refractivity (Wildman–Crippen MR) is 91.1 cm³/mol. The molecule has 8 nitrogen and oxygen atoms in total. The number of rotatable bonds is 5. The van der Waals surface area contributed by atoms with Crippen molar-refractivity contribution in [3.63, 3.8) is 0 Å². The maximum absolute atomic E-state index is 12.2. The fourth-order valence-corrected chi connectivity index (χ4v) is 2.86. The van der Waals surface area contributed by atoms with Crippen molar-refractivity contribution in [1.29, 1.82) is 0 Å². The number of carbonyl (C=O) groups excluding carboxylic acids is 3. The molecule has 0 spiro atoms. The minimum Gasteiger partial charge on any atom is -0.493 e. The zero-order chi connectivity index (χ0) is 18.5. The molecule has 0 saturated heterocycles. The Hall–Kier alpha value is -3.07. The zero-order valence-electron chi connectivity index (χ0n) is 13.8. The van der Waals surface area contributed by atoms with Gasteiger partial charge in [-0.25, -0.2) is 4.79 Å². The zero-order valence-corrected chi connectivity index (χ0v) is 14.6. The molecule has 1 aromatic carbocycles. The molecule has 26 heavy (non-hydrogen) atoms. The number of fused-ring (bicyclic) bond motifs is 1. The van der Waals surface area contributed by atoms with Gasteiger partial charge in [-0.15, -0.1) is 11.3 Å². The number of methoxy groups -OCH3 is 1. The number of imide groups is 1. The number of thiophene rings is 1. The maximum atomic E-state index is 12.2. The Morgan fingerprint density at radius 3 is 2.77 bits per heavy atom. The predicted octanol–water partition coefficient (Wildman–Crippen LogP) is 1.64. The highest BCUT2D eigenvalue weighted by Crippen LogP contribution is 2.40. The van der Waals surface area contributed by atoms with E-state index in [4.69, 9.17) is 18.9 Å². The summed E-state index contributed by atoms with van der Waals surface area (Å²) in [7, 11) is 1.44. The SMILES string of the molecule is COc1cc(C(=O)OCC(=O)NC(=O)c2cccs2)cc2c1OCCO2. The Morgan fingerprint density at radius 2 is 2.04 bits per heavy atom. The lowest BCUT2D eigenvalue weighted by atomic mass is 10.1. The van der Waals surface area contributed by atoms with Gasteiger partial charge in [-0.2, -0.15) is 0 Å². The van der Waals surface area contributed by atoms with E-state index in [0.29, 0.717) is 35.3 Å². The van der Waals surface area contributed by atoms with E-state index in [2.05, 4.69) is 5.32 Å². The van der Waals surface area contributed by atoms with Crippen LogP contribution >= 0.6 is 11.3 Å². The molecule has 3 rings (SSSR count). The normalized spacial score (nSPS) is 12.2. The molecular weight excluding hydrogens is 362 g/mol. The molecule has 2 aromatic rings. The lowest BCUT2D eigenvalue weighted by Gasteiger charge is -2.21. The molecule has 0 atom stereocenters. The number of esters is 1. The summed E-state index contributed by atoms with van der Waals surface area (Å²) in [5.74, 6) is -0.914. The van der Waals surface area contributed by atoms with E-state index in [1.54, 1.807) is 17.5 Å². The summed E-state index contributed by atoms with van der Waals surface area (Å²) in [4.78, 5) is 36.1. The van der Waals surface area contributed by atoms with E-state index >= 15 is 0 Å². The molecule has 2 amide bonds. The third-order valence-electron chi connectivity index (χ3n) is 3.40. The molecule has 2 heterocycles. The van der Waals surface area contributed by atoms with Crippen LogP contribution in [0.5, 0.6) is 17.2 Å². The molecule has 136 valence electrons. The van der Waals surface area contributed by atoms with Crippen molar-refractivity contribution in [2.75, 3.05) is 26.9 Å². The molecule has 1 aliphatic heterocycles. The third-order valence-corrected chi connectivity index (χ3v) is 4.26.